The maximum atomic E-state index is 5.37. The molecule has 2 heterocycles. The summed E-state index contributed by atoms with van der Waals surface area (Å²) in [6.45, 7) is 8.07. The Bertz CT molecular complexity index is 367. The lowest BCUT2D eigenvalue weighted by Crippen LogP contribution is -2.27. The molecule has 0 atom stereocenters. The van der Waals surface area contributed by atoms with Crippen LogP contribution in [0.1, 0.15) is 45.2 Å². The van der Waals surface area contributed by atoms with Crippen molar-refractivity contribution < 1.29 is 4.74 Å². The smallest absolute Gasteiger partial charge is 0.130 e. The molecule has 1 aromatic heterocycles. The molecule has 4 nitrogen and oxygen atoms in total. The van der Waals surface area contributed by atoms with Gasteiger partial charge >= 0.3 is 0 Å². The molecule has 0 amide bonds. The Morgan fingerprint density at radius 1 is 1.24 bits per heavy atom. The SMILES string of the molecule is CC(C)(C)Nc1cc(C2CCOCC2)ncn1. The number of hydrogen-bond acceptors (Lipinski definition) is 4. The van der Waals surface area contributed by atoms with Gasteiger partial charge < -0.3 is 10.1 Å². The highest BCUT2D eigenvalue weighted by molar-refractivity contribution is 5.38. The fourth-order valence-electron chi connectivity index (χ4n) is 2.04. The number of hydrogen-bond donors (Lipinski definition) is 1. The van der Waals surface area contributed by atoms with Gasteiger partial charge in [-0.25, -0.2) is 9.97 Å². The summed E-state index contributed by atoms with van der Waals surface area (Å²) in [5.41, 5.74) is 1.16. The van der Waals surface area contributed by atoms with E-state index in [9.17, 15) is 0 Å². The van der Waals surface area contributed by atoms with E-state index in [4.69, 9.17) is 4.74 Å². The second kappa shape index (κ2) is 5.00. The predicted octanol–water partition coefficient (Wildman–Crippen LogP) is 2.58. The van der Waals surface area contributed by atoms with E-state index in [1.165, 1.54) is 0 Å². The van der Waals surface area contributed by atoms with Crippen LogP contribution in [0.25, 0.3) is 0 Å². The van der Waals surface area contributed by atoms with Crippen LogP contribution in [-0.4, -0.2) is 28.7 Å². The van der Waals surface area contributed by atoms with Gasteiger partial charge in [-0.1, -0.05) is 0 Å². The Kier molecular flexibility index (Phi) is 3.62. The zero-order chi connectivity index (χ0) is 12.3. The molecule has 1 fully saturated rings. The second-order valence-electron chi connectivity index (χ2n) is 5.59. The van der Waals surface area contributed by atoms with E-state index >= 15 is 0 Å². The minimum Gasteiger partial charge on any atom is -0.381 e. The van der Waals surface area contributed by atoms with Gasteiger partial charge in [-0.3, -0.25) is 0 Å². The molecule has 0 aromatic carbocycles. The van der Waals surface area contributed by atoms with Crippen molar-refractivity contribution >= 4 is 5.82 Å². The quantitative estimate of drug-likeness (QED) is 0.856. The lowest BCUT2D eigenvalue weighted by atomic mass is 9.96. The highest BCUT2D eigenvalue weighted by Crippen LogP contribution is 2.26. The van der Waals surface area contributed by atoms with Crippen molar-refractivity contribution in [2.45, 2.75) is 45.1 Å². The van der Waals surface area contributed by atoms with Crippen molar-refractivity contribution in [3.63, 3.8) is 0 Å². The van der Waals surface area contributed by atoms with Crippen LogP contribution in [0, 0.1) is 0 Å². The topological polar surface area (TPSA) is 47.0 Å². The molecule has 1 aromatic rings. The first kappa shape index (κ1) is 12.3. The number of nitrogens with one attached hydrogen (secondary N) is 1. The third-order valence-corrected chi connectivity index (χ3v) is 2.83. The van der Waals surface area contributed by atoms with Crippen molar-refractivity contribution in [2.75, 3.05) is 18.5 Å². The van der Waals surface area contributed by atoms with Crippen LogP contribution in [0.4, 0.5) is 5.82 Å². The van der Waals surface area contributed by atoms with Crippen LogP contribution in [-0.2, 0) is 4.74 Å². The molecule has 0 spiro atoms. The Morgan fingerprint density at radius 2 is 1.94 bits per heavy atom. The van der Waals surface area contributed by atoms with Gasteiger partial charge in [-0.2, -0.15) is 0 Å². The summed E-state index contributed by atoms with van der Waals surface area (Å²) in [4.78, 5) is 8.65. The van der Waals surface area contributed by atoms with E-state index in [1.54, 1.807) is 6.33 Å². The first-order valence-corrected chi connectivity index (χ1v) is 6.22. The maximum Gasteiger partial charge on any atom is 0.130 e. The van der Waals surface area contributed by atoms with Crippen molar-refractivity contribution in [1.82, 2.24) is 9.97 Å². The van der Waals surface area contributed by atoms with E-state index in [1.807, 2.05) is 0 Å². The van der Waals surface area contributed by atoms with E-state index in [0.717, 1.165) is 37.6 Å². The monoisotopic (exact) mass is 235 g/mol. The zero-order valence-corrected chi connectivity index (χ0v) is 10.9. The van der Waals surface area contributed by atoms with Gasteiger partial charge in [0.05, 0.1) is 0 Å². The molecule has 0 radical (unpaired) electrons. The van der Waals surface area contributed by atoms with Crippen molar-refractivity contribution in [3.8, 4) is 0 Å². The fraction of sp³-hybridized carbons (Fsp3) is 0.692. The van der Waals surface area contributed by atoms with Gasteiger partial charge in [0, 0.05) is 36.4 Å². The summed E-state index contributed by atoms with van der Waals surface area (Å²) in [6.07, 6.45) is 3.77. The third kappa shape index (κ3) is 3.66. The molecule has 0 aliphatic carbocycles. The van der Waals surface area contributed by atoms with Crippen LogP contribution in [0.15, 0.2) is 12.4 Å². The summed E-state index contributed by atoms with van der Waals surface area (Å²) in [7, 11) is 0. The van der Waals surface area contributed by atoms with Crippen LogP contribution in [0.2, 0.25) is 0 Å². The first-order valence-electron chi connectivity index (χ1n) is 6.22. The van der Waals surface area contributed by atoms with Gasteiger partial charge in [-0.05, 0) is 33.6 Å². The fourth-order valence-corrected chi connectivity index (χ4v) is 2.04. The molecule has 17 heavy (non-hydrogen) atoms. The largest absolute Gasteiger partial charge is 0.381 e. The average Bonchev–Trinajstić information content (AvgIpc) is 2.28. The van der Waals surface area contributed by atoms with Crippen LogP contribution < -0.4 is 5.32 Å². The van der Waals surface area contributed by atoms with Gasteiger partial charge in [0.1, 0.15) is 12.1 Å². The average molecular weight is 235 g/mol. The van der Waals surface area contributed by atoms with Gasteiger partial charge in [0.2, 0.25) is 0 Å². The van der Waals surface area contributed by atoms with Gasteiger partial charge in [-0.15, -0.1) is 0 Å². The number of nitrogens with zero attached hydrogens (tertiary/aromatic N) is 2. The maximum absolute atomic E-state index is 5.37. The van der Waals surface area contributed by atoms with Crippen LogP contribution >= 0.6 is 0 Å². The predicted molar refractivity (Wildman–Crippen MR) is 68.2 cm³/mol. The normalized spacial score (nSPS) is 18.1. The molecule has 1 aliphatic heterocycles. The summed E-state index contributed by atoms with van der Waals surface area (Å²) in [5.74, 6) is 1.43. The second-order valence-corrected chi connectivity index (χ2v) is 5.59. The Balaban J connectivity index is 2.10. The molecule has 1 saturated heterocycles. The van der Waals surface area contributed by atoms with E-state index in [2.05, 4.69) is 42.1 Å². The highest BCUT2D eigenvalue weighted by Gasteiger charge is 2.18. The minimum atomic E-state index is 0.0291. The molecular weight excluding hydrogens is 214 g/mol. The summed E-state index contributed by atoms with van der Waals surface area (Å²) >= 11 is 0. The zero-order valence-electron chi connectivity index (χ0n) is 10.9. The summed E-state index contributed by atoms with van der Waals surface area (Å²) in [5, 5.41) is 3.38. The van der Waals surface area contributed by atoms with Crippen LogP contribution in [0.3, 0.4) is 0 Å². The van der Waals surface area contributed by atoms with Gasteiger partial charge in [0.15, 0.2) is 0 Å². The molecule has 1 aliphatic rings. The van der Waals surface area contributed by atoms with Crippen LogP contribution in [0.5, 0.6) is 0 Å². The number of ether oxygens (including phenoxy) is 1. The minimum absolute atomic E-state index is 0.0291. The molecule has 4 heteroatoms. The Hall–Kier alpha value is -1.16. The van der Waals surface area contributed by atoms with Crippen molar-refractivity contribution in [1.29, 1.82) is 0 Å². The number of aromatic nitrogens is 2. The molecule has 0 unspecified atom stereocenters. The molecule has 0 bridgehead atoms. The highest BCUT2D eigenvalue weighted by atomic mass is 16.5. The Labute approximate surface area is 103 Å². The summed E-state index contributed by atoms with van der Waals surface area (Å²) < 4.78 is 5.37. The standard InChI is InChI=1S/C13H21N3O/c1-13(2,3)16-12-8-11(14-9-15-12)10-4-6-17-7-5-10/h8-10H,4-7H2,1-3H3,(H,14,15,16). The summed E-state index contributed by atoms with van der Waals surface area (Å²) in [6, 6.07) is 2.07. The van der Waals surface area contributed by atoms with Crippen molar-refractivity contribution in [3.05, 3.63) is 18.1 Å². The molecule has 1 N–H and O–H groups in total. The van der Waals surface area contributed by atoms with E-state index in [0.29, 0.717) is 5.92 Å². The van der Waals surface area contributed by atoms with Gasteiger partial charge in [0.25, 0.3) is 0 Å². The molecule has 0 saturated carbocycles. The van der Waals surface area contributed by atoms with Crippen molar-refractivity contribution in [2.24, 2.45) is 0 Å². The molecular formula is C13H21N3O. The number of anilines is 1. The first-order chi connectivity index (χ1) is 8.04. The third-order valence-electron chi connectivity index (χ3n) is 2.83. The number of rotatable bonds is 2. The molecule has 2 rings (SSSR count). The Morgan fingerprint density at radius 3 is 2.59 bits per heavy atom. The lowest BCUT2D eigenvalue weighted by molar-refractivity contribution is 0.0845. The van der Waals surface area contributed by atoms with E-state index < -0.39 is 0 Å². The lowest BCUT2D eigenvalue weighted by Gasteiger charge is -2.24. The molecule has 94 valence electrons. The van der Waals surface area contributed by atoms with E-state index in [-0.39, 0.29) is 5.54 Å².